The molecule has 0 unspecified atom stereocenters. The van der Waals surface area contributed by atoms with Crippen molar-refractivity contribution in [3.63, 3.8) is 0 Å². The van der Waals surface area contributed by atoms with E-state index in [1.54, 1.807) is 29.3 Å². The molecule has 0 aliphatic rings. The fourth-order valence-corrected chi connectivity index (χ4v) is 2.20. The Morgan fingerprint density at radius 2 is 1.95 bits per heavy atom. The number of pyridine rings is 1. The quantitative estimate of drug-likeness (QED) is 0.694. The molecule has 0 aliphatic heterocycles. The number of Topliss-reactive ketones (excluding diaryl/α,β-unsaturated/α-hetero) is 1. The number of aromatic nitrogens is 3. The highest BCUT2D eigenvalue weighted by atomic mass is 35.5. The third kappa shape index (κ3) is 3.01. The molecule has 0 saturated carbocycles. The topological polar surface area (TPSA) is 47.8 Å². The first-order chi connectivity index (χ1) is 10.2. The van der Waals surface area contributed by atoms with E-state index in [0.29, 0.717) is 10.6 Å². The molecule has 0 atom stereocenters. The number of benzene rings is 1. The van der Waals surface area contributed by atoms with E-state index in [4.69, 9.17) is 11.6 Å². The lowest BCUT2D eigenvalue weighted by Crippen LogP contribution is -2.03. The smallest absolute Gasteiger partial charge is 0.170 e. The molecule has 0 amide bonds. The van der Waals surface area contributed by atoms with Crippen LogP contribution in [0.2, 0.25) is 5.02 Å². The molecule has 104 valence electrons. The highest BCUT2D eigenvalue weighted by molar-refractivity contribution is 6.31. The van der Waals surface area contributed by atoms with Gasteiger partial charge >= 0.3 is 0 Å². The van der Waals surface area contributed by atoms with Crippen LogP contribution >= 0.6 is 11.6 Å². The summed E-state index contributed by atoms with van der Waals surface area (Å²) in [5.41, 5.74) is 2.24. The first-order valence-electron chi connectivity index (χ1n) is 6.46. The van der Waals surface area contributed by atoms with Crippen LogP contribution in [0.25, 0.3) is 5.69 Å². The predicted octanol–water partition coefficient (Wildman–Crippen LogP) is 3.35. The predicted molar refractivity (Wildman–Crippen MR) is 80.8 cm³/mol. The fraction of sp³-hybridized carbons (Fsp3) is 0.0625. The van der Waals surface area contributed by atoms with E-state index < -0.39 is 0 Å². The molecule has 5 heteroatoms. The Bertz CT molecular complexity index is 768. The van der Waals surface area contributed by atoms with Gasteiger partial charge in [-0.3, -0.25) is 9.78 Å². The molecule has 0 fully saturated rings. The molecule has 3 rings (SSSR count). The molecular weight excluding hydrogens is 286 g/mol. The van der Waals surface area contributed by atoms with Crippen LogP contribution in [0, 0.1) is 0 Å². The molecule has 2 heterocycles. The standard InChI is InChI=1S/C16H12ClN3O/c17-15-10-18-7-6-12(15)8-16(21)13-9-19-20(11-13)14-4-2-1-3-5-14/h1-7,9-11H,8H2. The molecule has 4 nitrogen and oxygen atoms in total. The van der Waals surface area contributed by atoms with E-state index in [1.807, 2.05) is 30.3 Å². The van der Waals surface area contributed by atoms with Crippen molar-refractivity contribution in [2.75, 3.05) is 0 Å². The SMILES string of the molecule is O=C(Cc1ccncc1Cl)c1cnn(-c2ccccc2)c1. The Labute approximate surface area is 127 Å². The highest BCUT2D eigenvalue weighted by Crippen LogP contribution is 2.16. The van der Waals surface area contributed by atoms with Crippen LogP contribution in [0.4, 0.5) is 0 Å². The van der Waals surface area contributed by atoms with Crippen molar-refractivity contribution in [1.82, 2.24) is 14.8 Å². The number of nitrogens with zero attached hydrogens (tertiary/aromatic N) is 3. The van der Waals surface area contributed by atoms with Crippen LogP contribution in [0.5, 0.6) is 0 Å². The molecule has 0 radical (unpaired) electrons. The van der Waals surface area contributed by atoms with Gasteiger partial charge in [0.25, 0.3) is 0 Å². The molecule has 1 aromatic carbocycles. The van der Waals surface area contributed by atoms with Crippen molar-refractivity contribution in [2.45, 2.75) is 6.42 Å². The molecule has 0 N–H and O–H groups in total. The van der Waals surface area contributed by atoms with Crippen LogP contribution in [-0.2, 0) is 6.42 Å². The van der Waals surface area contributed by atoms with Gasteiger partial charge in [-0.1, -0.05) is 29.8 Å². The fourth-order valence-electron chi connectivity index (χ4n) is 2.01. The highest BCUT2D eigenvalue weighted by Gasteiger charge is 2.12. The number of hydrogen-bond acceptors (Lipinski definition) is 3. The maximum Gasteiger partial charge on any atom is 0.170 e. The van der Waals surface area contributed by atoms with Crippen molar-refractivity contribution in [3.8, 4) is 5.69 Å². The third-order valence-corrected chi connectivity index (χ3v) is 3.47. The summed E-state index contributed by atoms with van der Waals surface area (Å²) in [6, 6.07) is 11.4. The zero-order valence-electron chi connectivity index (χ0n) is 11.1. The lowest BCUT2D eigenvalue weighted by Gasteiger charge is -2.01. The van der Waals surface area contributed by atoms with Gasteiger partial charge in [-0.15, -0.1) is 0 Å². The summed E-state index contributed by atoms with van der Waals surface area (Å²) < 4.78 is 1.68. The first kappa shape index (κ1) is 13.5. The third-order valence-electron chi connectivity index (χ3n) is 3.13. The van der Waals surface area contributed by atoms with Gasteiger partial charge in [0.15, 0.2) is 5.78 Å². The van der Waals surface area contributed by atoms with E-state index in [1.165, 1.54) is 6.20 Å². The number of halogens is 1. The number of ketones is 1. The first-order valence-corrected chi connectivity index (χ1v) is 6.83. The number of carbonyl (C=O) groups is 1. The summed E-state index contributed by atoms with van der Waals surface area (Å²) in [7, 11) is 0. The largest absolute Gasteiger partial charge is 0.294 e. The number of para-hydroxylation sites is 1. The number of hydrogen-bond donors (Lipinski definition) is 0. The maximum atomic E-state index is 12.3. The molecule has 0 spiro atoms. The van der Waals surface area contributed by atoms with Crippen molar-refractivity contribution in [1.29, 1.82) is 0 Å². The van der Waals surface area contributed by atoms with Crippen molar-refractivity contribution < 1.29 is 4.79 Å². The van der Waals surface area contributed by atoms with E-state index in [2.05, 4.69) is 10.1 Å². The summed E-state index contributed by atoms with van der Waals surface area (Å²) in [6.07, 6.45) is 6.71. The van der Waals surface area contributed by atoms with Crippen LogP contribution in [-0.4, -0.2) is 20.5 Å². The molecule has 21 heavy (non-hydrogen) atoms. The van der Waals surface area contributed by atoms with E-state index in [9.17, 15) is 4.79 Å². The summed E-state index contributed by atoms with van der Waals surface area (Å²) >= 11 is 6.02. The minimum Gasteiger partial charge on any atom is -0.294 e. The van der Waals surface area contributed by atoms with E-state index in [-0.39, 0.29) is 12.2 Å². The Balaban J connectivity index is 1.80. The Hall–Kier alpha value is -2.46. The average Bonchev–Trinajstić information content (AvgIpc) is 3.00. The number of rotatable bonds is 4. The lowest BCUT2D eigenvalue weighted by molar-refractivity contribution is 0.0993. The lowest BCUT2D eigenvalue weighted by atomic mass is 10.1. The van der Waals surface area contributed by atoms with Gasteiger partial charge in [-0.05, 0) is 23.8 Å². The molecule has 0 bridgehead atoms. The van der Waals surface area contributed by atoms with Gasteiger partial charge in [-0.25, -0.2) is 4.68 Å². The van der Waals surface area contributed by atoms with Gasteiger partial charge < -0.3 is 0 Å². The molecule has 0 aliphatic carbocycles. The van der Waals surface area contributed by atoms with Gasteiger partial charge in [0, 0.05) is 25.0 Å². The Morgan fingerprint density at radius 3 is 2.71 bits per heavy atom. The summed E-state index contributed by atoms with van der Waals surface area (Å²) in [5, 5.41) is 4.72. The van der Waals surface area contributed by atoms with Crippen LogP contribution < -0.4 is 0 Å². The second-order valence-corrected chi connectivity index (χ2v) is 4.98. The van der Waals surface area contributed by atoms with Gasteiger partial charge in [0.05, 0.1) is 22.5 Å². The maximum absolute atomic E-state index is 12.3. The molecule has 2 aromatic heterocycles. The van der Waals surface area contributed by atoms with Gasteiger partial charge in [0.1, 0.15) is 0 Å². The van der Waals surface area contributed by atoms with Gasteiger partial charge in [-0.2, -0.15) is 5.10 Å². The van der Waals surface area contributed by atoms with Crippen LogP contribution in [0.15, 0.2) is 61.2 Å². The minimum atomic E-state index is -0.0229. The monoisotopic (exact) mass is 297 g/mol. The number of carbonyl (C=O) groups excluding carboxylic acids is 1. The molecular formula is C16H12ClN3O. The van der Waals surface area contributed by atoms with Crippen LogP contribution in [0.1, 0.15) is 15.9 Å². The van der Waals surface area contributed by atoms with Crippen molar-refractivity contribution >= 4 is 17.4 Å². The van der Waals surface area contributed by atoms with E-state index in [0.717, 1.165) is 11.3 Å². The van der Waals surface area contributed by atoms with Crippen molar-refractivity contribution in [3.05, 3.63) is 77.3 Å². The normalized spacial score (nSPS) is 10.5. The Morgan fingerprint density at radius 1 is 1.14 bits per heavy atom. The zero-order chi connectivity index (χ0) is 14.7. The summed E-state index contributed by atoms with van der Waals surface area (Å²) in [5.74, 6) is -0.0229. The van der Waals surface area contributed by atoms with E-state index >= 15 is 0 Å². The second-order valence-electron chi connectivity index (χ2n) is 4.58. The summed E-state index contributed by atoms with van der Waals surface area (Å²) in [6.45, 7) is 0. The Kier molecular flexibility index (Phi) is 3.79. The minimum absolute atomic E-state index is 0.0229. The van der Waals surface area contributed by atoms with Gasteiger partial charge in [0.2, 0.25) is 0 Å². The average molecular weight is 298 g/mol. The molecule has 0 saturated heterocycles. The second kappa shape index (κ2) is 5.89. The zero-order valence-corrected chi connectivity index (χ0v) is 11.9. The van der Waals surface area contributed by atoms with Crippen LogP contribution in [0.3, 0.4) is 0 Å². The van der Waals surface area contributed by atoms with Crippen molar-refractivity contribution in [2.24, 2.45) is 0 Å². The summed E-state index contributed by atoms with van der Waals surface area (Å²) in [4.78, 5) is 16.2. The molecule has 3 aromatic rings.